The number of hydrogen-bond donors (Lipinski definition) is 2. The minimum absolute atomic E-state index is 0.0493. The van der Waals surface area contributed by atoms with E-state index in [1.54, 1.807) is 18.2 Å². The zero-order valence-electron chi connectivity index (χ0n) is 10.9. The molecule has 0 aromatic heterocycles. The molecule has 0 fully saturated rings. The molecule has 1 atom stereocenters. The van der Waals surface area contributed by atoms with Crippen molar-refractivity contribution in [2.45, 2.75) is 50.7 Å². The van der Waals surface area contributed by atoms with Gasteiger partial charge in [-0.05, 0) is 24.5 Å². The number of aliphatic hydroxyl groups is 1. The summed E-state index contributed by atoms with van der Waals surface area (Å²) in [6, 6.07) is 6.47. The maximum absolute atomic E-state index is 12.2. The van der Waals surface area contributed by atoms with Crippen LogP contribution in [0.2, 0.25) is 0 Å². The Labute approximate surface area is 109 Å². The predicted molar refractivity (Wildman–Crippen MR) is 71.7 cm³/mol. The van der Waals surface area contributed by atoms with Gasteiger partial charge in [0.25, 0.3) is 0 Å². The van der Waals surface area contributed by atoms with Crippen LogP contribution in [0.25, 0.3) is 0 Å². The van der Waals surface area contributed by atoms with Gasteiger partial charge in [0, 0.05) is 6.04 Å². The first kappa shape index (κ1) is 15.1. The molecular weight excluding hydrogens is 250 g/mol. The van der Waals surface area contributed by atoms with E-state index in [1.165, 1.54) is 6.07 Å². The third-order valence-electron chi connectivity index (χ3n) is 2.88. The Kier molecular flexibility index (Phi) is 5.78. The molecule has 1 aromatic carbocycles. The molecule has 0 amide bonds. The Morgan fingerprint density at radius 2 is 1.94 bits per heavy atom. The van der Waals surface area contributed by atoms with Crippen molar-refractivity contribution in [1.82, 2.24) is 4.72 Å². The number of rotatable bonds is 7. The van der Waals surface area contributed by atoms with Gasteiger partial charge in [0.15, 0.2) is 0 Å². The monoisotopic (exact) mass is 271 g/mol. The molecule has 0 heterocycles. The Balaban J connectivity index is 2.98. The Morgan fingerprint density at radius 3 is 2.50 bits per heavy atom. The van der Waals surface area contributed by atoms with E-state index in [4.69, 9.17) is 0 Å². The molecule has 0 saturated heterocycles. The summed E-state index contributed by atoms with van der Waals surface area (Å²) in [7, 11) is -3.55. The lowest BCUT2D eigenvalue weighted by Gasteiger charge is -2.17. The van der Waals surface area contributed by atoms with Crippen LogP contribution in [0.3, 0.4) is 0 Å². The molecule has 102 valence electrons. The summed E-state index contributed by atoms with van der Waals surface area (Å²) < 4.78 is 27.2. The highest BCUT2D eigenvalue weighted by molar-refractivity contribution is 7.89. The third kappa shape index (κ3) is 3.80. The van der Waals surface area contributed by atoms with Gasteiger partial charge >= 0.3 is 0 Å². The van der Waals surface area contributed by atoms with Crippen LogP contribution < -0.4 is 4.72 Å². The van der Waals surface area contributed by atoms with E-state index < -0.39 is 10.0 Å². The molecule has 0 aliphatic carbocycles. The smallest absolute Gasteiger partial charge is 0.241 e. The van der Waals surface area contributed by atoms with Crippen molar-refractivity contribution in [3.63, 3.8) is 0 Å². The van der Waals surface area contributed by atoms with E-state index in [-0.39, 0.29) is 17.5 Å². The summed E-state index contributed by atoms with van der Waals surface area (Å²) in [5.74, 6) is 0. The van der Waals surface area contributed by atoms with Crippen molar-refractivity contribution in [3.8, 4) is 0 Å². The second kappa shape index (κ2) is 6.87. The van der Waals surface area contributed by atoms with Gasteiger partial charge in [-0.1, -0.05) is 38.5 Å². The van der Waals surface area contributed by atoms with Crippen LogP contribution in [0.1, 0.15) is 38.7 Å². The van der Waals surface area contributed by atoms with Crippen molar-refractivity contribution in [2.75, 3.05) is 0 Å². The molecular formula is C13H21NO3S. The molecule has 5 heteroatoms. The summed E-state index contributed by atoms with van der Waals surface area (Å²) >= 11 is 0. The van der Waals surface area contributed by atoms with Gasteiger partial charge in [0.05, 0.1) is 11.5 Å². The average molecular weight is 271 g/mol. The fourth-order valence-corrected chi connectivity index (χ4v) is 3.46. The van der Waals surface area contributed by atoms with Gasteiger partial charge in [-0.25, -0.2) is 13.1 Å². The quantitative estimate of drug-likeness (QED) is 0.797. The third-order valence-corrected chi connectivity index (χ3v) is 4.51. The zero-order valence-corrected chi connectivity index (χ0v) is 11.7. The molecule has 1 rings (SSSR count). The molecule has 2 N–H and O–H groups in total. The van der Waals surface area contributed by atoms with Gasteiger partial charge in [-0.2, -0.15) is 0 Å². The van der Waals surface area contributed by atoms with Crippen LogP contribution in [-0.2, 0) is 16.6 Å². The highest BCUT2D eigenvalue weighted by atomic mass is 32.2. The molecule has 4 nitrogen and oxygen atoms in total. The molecule has 0 aliphatic heterocycles. The first-order chi connectivity index (χ1) is 8.55. The van der Waals surface area contributed by atoms with Crippen LogP contribution in [0.15, 0.2) is 29.2 Å². The van der Waals surface area contributed by atoms with Crippen LogP contribution in [0, 0.1) is 0 Å². The molecule has 0 aliphatic rings. The second-order valence-corrected chi connectivity index (χ2v) is 5.96. The number of aliphatic hydroxyl groups excluding tert-OH is 1. The number of benzene rings is 1. The lowest BCUT2D eigenvalue weighted by atomic mass is 10.1. The zero-order chi connectivity index (χ0) is 13.6. The topological polar surface area (TPSA) is 66.4 Å². The maximum Gasteiger partial charge on any atom is 0.241 e. The van der Waals surface area contributed by atoms with Gasteiger partial charge < -0.3 is 5.11 Å². The van der Waals surface area contributed by atoms with E-state index >= 15 is 0 Å². The van der Waals surface area contributed by atoms with Crippen LogP contribution in [0.4, 0.5) is 0 Å². The van der Waals surface area contributed by atoms with E-state index in [2.05, 4.69) is 4.72 Å². The lowest BCUT2D eigenvalue weighted by Crippen LogP contribution is -2.34. The first-order valence-corrected chi connectivity index (χ1v) is 7.74. The van der Waals surface area contributed by atoms with Crippen molar-refractivity contribution in [2.24, 2.45) is 0 Å². The molecule has 18 heavy (non-hydrogen) atoms. The van der Waals surface area contributed by atoms with Gasteiger partial charge in [0.1, 0.15) is 0 Å². The summed E-state index contributed by atoms with van der Waals surface area (Å²) in [5, 5.41) is 9.18. The van der Waals surface area contributed by atoms with Crippen molar-refractivity contribution in [3.05, 3.63) is 29.8 Å². The highest BCUT2D eigenvalue weighted by Gasteiger charge is 2.20. The molecule has 0 saturated carbocycles. The molecule has 0 radical (unpaired) electrons. The van der Waals surface area contributed by atoms with Crippen LogP contribution in [-0.4, -0.2) is 19.6 Å². The van der Waals surface area contributed by atoms with Crippen molar-refractivity contribution < 1.29 is 13.5 Å². The first-order valence-electron chi connectivity index (χ1n) is 6.26. The summed E-state index contributed by atoms with van der Waals surface area (Å²) in [6.07, 6.45) is 2.51. The number of sulfonamides is 1. The Bertz CT molecular complexity index is 471. The normalized spacial score (nSPS) is 13.5. The fourth-order valence-electron chi connectivity index (χ4n) is 1.87. The van der Waals surface area contributed by atoms with E-state index in [1.807, 2.05) is 13.8 Å². The predicted octanol–water partition coefficient (Wildman–Crippen LogP) is 2.04. The number of nitrogens with one attached hydrogen (secondary N) is 1. The Hall–Kier alpha value is -0.910. The summed E-state index contributed by atoms with van der Waals surface area (Å²) in [4.78, 5) is 0.169. The van der Waals surface area contributed by atoms with Gasteiger partial charge in [0.2, 0.25) is 10.0 Å². The van der Waals surface area contributed by atoms with Crippen molar-refractivity contribution >= 4 is 10.0 Å². The SMILES string of the molecule is CCCC(CC)NS(=O)(=O)c1ccccc1CO. The average Bonchev–Trinajstić information content (AvgIpc) is 2.38. The van der Waals surface area contributed by atoms with Crippen molar-refractivity contribution in [1.29, 1.82) is 0 Å². The van der Waals surface area contributed by atoms with E-state index in [0.717, 1.165) is 19.3 Å². The molecule has 0 bridgehead atoms. The van der Waals surface area contributed by atoms with Gasteiger partial charge in [-0.15, -0.1) is 0 Å². The Morgan fingerprint density at radius 1 is 1.28 bits per heavy atom. The highest BCUT2D eigenvalue weighted by Crippen LogP contribution is 2.16. The van der Waals surface area contributed by atoms with E-state index in [0.29, 0.717) is 5.56 Å². The summed E-state index contributed by atoms with van der Waals surface area (Å²) in [5.41, 5.74) is 0.427. The maximum atomic E-state index is 12.2. The lowest BCUT2D eigenvalue weighted by molar-refractivity contribution is 0.278. The molecule has 0 spiro atoms. The van der Waals surface area contributed by atoms with E-state index in [9.17, 15) is 13.5 Å². The second-order valence-electron chi connectivity index (χ2n) is 4.28. The largest absolute Gasteiger partial charge is 0.392 e. The molecule has 1 aromatic rings. The molecule has 1 unspecified atom stereocenters. The number of hydrogen-bond acceptors (Lipinski definition) is 3. The minimum Gasteiger partial charge on any atom is -0.392 e. The standard InChI is InChI=1S/C13H21NO3S/c1-3-7-12(4-2)14-18(16,17)13-9-6-5-8-11(13)10-15/h5-6,8-9,12,14-15H,3-4,7,10H2,1-2H3. The fraction of sp³-hybridized carbons (Fsp3) is 0.538. The van der Waals surface area contributed by atoms with Crippen LogP contribution in [0.5, 0.6) is 0 Å². The summed E-state index contributed by atoms with van der Waals surface area (Å²) in [6.45, 7) is 3.71. The minimum atomic E-state index is -3.55. The van der Waals surface area contributed by atoms with Crippen LogP contribution >= 0.6 is 0 Å². The van der Waals surface area contributed by atoms with Gasteiger partial charge in [-0.3, -0.25) is 0 Å².